The van der Waals surface area contributed by atoms with Gasteiger partial charge >= 0.3 is 0 Å². The Hall–Kier alpha value is -0.960. The normalized spacial score (nSPS) is 27.3. The summed E-state index contributed by atoms with van der Waals surface area (Å²) in [7, 11) is -3.52. The summed E-state index contributed by atoms with van der Waals surface area (Å²) in [5.41, 5.74) is 5.72. The maximum absolute atomic E-state index is 12.5. The van der Waals surface area contributed by atoms with Gasteiger partial charge in [0.25, 0.3) is 0 Å². The SMILES string of the molecule is NC[C@@H]1CCC[C@H]1NS(=O)(=O)c1cnn(C2CCOCC2)c1. The molecular weight excluding hydrogens is 304 g/mol. The molecule has 2 aliphatic rings. The fraction of sp³-hybridized carbons (Fsp3) is 0.786. The number of sulfonamides is 1. The number of rotatable bonds is 5. The van der Waals surface area contributed by atoms with Crippen LogP contribution in [0.4, 0.5) is 0 Å². The van der Waals surface area contributed by atoms with Gasteiger partial charge in [0, 0.05) is 25.5 Å². The third kappa shape index (κ3) is 3.34. The van der Waals surface area contributed by atoms with E-state index in [-0.39, 0.29) is 22.9 Å². The van der Waals surface area contributed by atoms with Crippen LogP contribution in [0, 0.1) is 5.92 Å². The summed E-state index contributed by atoms with van der Waals surface area (Å²) in [4.78, 5) is 0.238. The van der Waals surface area contributed by atoms with Crippen molar-refractivity contribution < 1.29 is 13.2 Å². The van der Waals surface area contributed by atoms with Crippen LogP contribution < -0.4 is 10.5 Å². The first-order valence-corrected chi connectivity index (χ1v) is 9.43. The molecule has 3 rings (SSSR count). The molecule has 124 valence electrons. The molecule has 0 radical (unpaired) electrons. The molecule has 0 bridgehead atoms. The maximum atomic E-state index is 12.5. The summed E-state index contributed by atoms with van der Waals surface area (Å²) in [5, 5.41) is 4.24. The number of aromatic nitrogens is 2. The van der Waals surface area contributed by atoms with Crippen molar-refractivity contribution in [2.75, 3.05) is 19.8 Å². The quantitative estimate of drug-likeness (QED) is 0.826. The van der Waals surface area contributed by atoms with Crippen LogP contribution in [0.1, 0.15) is 38.1 Å². The minimum atomic E-state index is -3.52. The number of nitrogens with two attached hydrogens (primary N) is 1. The summed E-state index contributed by atoms with van der Waals surface area (Å²) in [6, 6.07) is 0.169. The first kappa shape index (κ1) is 15.9. The van der Waals surface area contributed by atoms with Crippen molar-refractivity contribution in [2.45, 2.75) is 49.1 Å². The van der Waals surface area contributed by atoms with Crippen LogP contribution in [0.3, 0.4) is 0 Å². The highest BCUT2D eigenvalue weighted by molar-refractivity contribution is 7.89. The van der Waals surface area contributed by atoms with Gasteiger partial charge in [0.15, 0.2) is 0 Å². The molecule has 0 unspecified atom stereocenters. The topological polar surface area (TPSA) is 99.2 Å². The summed E-state index contributed by atoms with van der Waals surface area (Å²) >= 11 is 0. The van der Waals surface area contributed by atoms with E-state index in [2.05, 4.69) is 9.82 Å². The molecule has 1 aromatic heterocycles. The second kappa shape index (κ2) is 6.66. The van der Waals surface area contributed by atoms with Crippen LogP contribution in [-0.4, -0.2) is 44.0 Å². The Morgan fingerprint density at radius 2 is 2.09 bits per heavy atom. The molecule has 1 aromatic rings. The van der Waals surface area contributed by atoms with Gasteiger partial charge in [-0.3, -0.25) is 4.68 Å². The molecule has 1 saturated carbocycles. The summed E-state index contributed by atoms with van der Waals surface area (Å²) in [6.45, 7) is 1.92. The van der Waals surface area contributed by atoms with Gasteiger partial charge in [0.1, 0.15) is 4.90 Å². The van der Waals surface area contributed by atoms with E-state index in [4.69, 9.17) is 10.5 Å². The Balaban J connectivity index is 1.71. The Labute approximate surface area is 131 Å². The van der Waals surface area contributed by atoms with Gasteiger partial charge in [-0.25, -0.2) is 13.1 Å². The standard InChI is InChI=1S/C14H24N4O3S/c15-8-11-2-1-3-14(11)17-22(19,20)13-9-16-18(10-13)12-4-6-21-7-5-12/h9-12,14,17H,1-8,15H2/t11-,14+/m0/s1. The van der Waals surface area contributed by atoms with Crippen molar-refractivity contribution in [1.29, 1.82) is 0 Å². The highest BCUT2D eigenvalue weighted by Gasteiger charge is 2.31. The van der Waals surface area contributed by atoms with Crippen molar-refractivity contribution in [1.82, 2.24) is 14.5 Å². The van der Waals surface area contributed by atoms with Crippen LogP contribution in [0.2, 0.25) is 0 Å². The molecule has 1 saturated heterocycles. The molecule has 22 heavy (non-hydrogen) atoms. The fourth-order valence-corrected chi connectivity index (χ4v) is 4.63. The second-order valence-electron chi connectivity index (χ2n) is 6.15. The smallest absolute Gasteiger partial charge is 0.243 e. The Morgan fingerprint density at radius 3 is 2.82 bits per heavy atom. The Morgan fingerprint density at radius 1 is 1.32 bits per heavy atom. The zero-order chi connectivity index (χ0) is 15.6. The minimum absolute atomic E-state index is 0.0542. The minimum Gasteiger partial charge on any atom is -0.381 e. The molecule has 2 heterocycles. The monoisotopic (exact) mass is 328 g/mol. The Kier molecular flexibility index (Phi) is 4.82. The highest BCUT2D eigenvalue weighted by Crippen LogP contribution is 2.27. The van der Waals surface area contributed by atoms with Crippen molar-refractivity contribution in [2.24, 2.45) is 11.7 Å². The van der Waals surface area contributed by atoms with E-state index < -0.39 is 10.0 Å². The molecule has 3 N–H and O–H groups in total. The van der Waals surface area contributed by atoms with Crippen LogP contribution in [0.5, 0.6) is 0 Å². The van der Waals surface area contributed by atoms with E-state index in [0.717, 1.165) is 32.1 Å². The van der Waals surface area contributed by atoms with Gasteiger partial charge in [-0.1, -0.05) is 6.42 Å². The van der Waals surface area contributed by atoms with Crippen LogP contribution in [0.15, 0.2) is 17.3 Å². The van der Waals surface area contributed by atoms with Crippen molar-refractivity contribution in [3.8, 4) is 0 Å². The van der Waals surface area contributed by atoms with E-state index in [9.17, 15) is 8.42 Å². The Bertz CT molecular complexity index is 595. The predicted molar refractivity (Wildman–Crippen MR) is 81.8 cm³/mol. The van der Waals surface area contributed by atoms with Crippen LogP contribution in [-0.2, 0) is 14.8 Å². The van der Waals surface area contributed by atoms with Gasteiger partial charge < -0.3 is 10.5 Å². The number of hydrogen-bond donors (Lipinski definition) is 2. The van der Waals surface area contributed by atoms with Gasteiger partial charge in [-0.15, -0.1) is 0 Å². The molecule has 2 fully saturated rings. The summed E-state index contributed by atoms with van der Waals surface area (Å²) < 4.78 is 34.9. The molecule has 0 aromatic carbocycles. The average Bonchev–Trinajstić information content (AvgIpc) is 3.17. The largest absolute Gasteiger partial charge is 0.381 e. The number of nitrogens with zero attached hydrogens (tertiary/aromatic N) is 2. The van der Waals surface area contributed by atoms with Crippen LogP contribution >= 0.6 is 0 Å². The molecule has 2 atom stereocenters. The lowest BCUT2D eigenvalue weighted by molar-refractivity contribution is 0.0662. The molecule has 0 amide bonds. The van der Waals surface area contributed by atoms with Crippen molar-refractivity contribution in [3.63, 3.8) is 0 Å². The lowest BCUT2D eigenvalue weighted by atomic mass is 10.1. The molecule has 1 aliphatic carbocycles. The predicted octanol–water partition coefficient (Wildman–Crippen LogP) is 0.640. The van der Waals surface area contributed by atoms with Gasteiger partial charge in [-0.2, -0.15) is 5.10 Å². The lowest BCUT2D eigenvalue weighted by Crippen LogP contribution is -2.39. The van der Waals surface area contributed by atoms with E-state index in [1.807, 2.05) is 0 Å². The maximum Gasteiger partial charge on any atom is 0.243 e. The lowest BCUT2D eigenvalue weighted by Gasteiger charge is -2.22. The van der Waals surface area contributed by atoms with E-state index in [1.54, 1.807) is 10.9 Å². The third-order valence-corrected chi connectivity index (χ3v) is 6.17. The molecule has 1 aliphatic heterocycles. The van der Waals surface area contributed by atoms with E-state index in [0.29, 0.717) is 19.8 Å². The average molecular weight is 328 g/mol. The third-order valence-electron chi connectivity index (χ3n) is 4.72. The zero-order valence-corrected chi connectivity index (χ0v) is 13.5. The highest BCUT2D eigenvalue weighted by atomic mass is 32.2. The fourth-order valence-electron chi connectivity index (χ4n) is 3.35. The van der Waals surface area contributed by atoms with Gasteiger partial charge in [0.2, 0.25) is 10.0 Å². The van der Waals surface area contributed by atoms with Crippen LogP contribution in [0.25, 0.3) is 0 Å². The van der Waals surface area contributed by atoms with E-state index in [1.165, 1.54) is 6.20 Å². The summed E-state index contributed by atoms with van der Waals surface area (Å²) in [6.07, 6.45) is 7.67. The molecular formula is C14H24N4O3S. The second-order valence-corrected chi connectivity index (χ2v) is 7.87. The molecule has 7 nitrogen and oxygen atoms in total. The van der Waals surface area contributed by atoms with E-state index >= 15 is 0 Å². The molecule has 0 spiro atoms. The van der Waals surface area contributed by atoms with Gasteiger partial charge in [-0.05, 0) is 38.1 Å². The first-order valence-electron chi connectivity index (χ1n) is 7.94. The first-order chi connectivity index (χ1) is 10.6. The zero-order valence-electron chi connectivity index (χ0n) is 12.6. The van der Waals surface area contributed by atoms with Crippen molar-refractivity contribution >= 4 is 10.0 Å². The summed E-state index contributed by atoms with van der Waals surface area (Å²) in [5.74, 6) is 0.236. The molecule has 8 heteroatoms. The number of nitrogens with one attached hydrogen (secondary N) is 1. The number of ether oxygens (including phenoxy) is 1. The van der Waals surface area contributed by atoms with Crippen molar-refractivity contribution in [3.05, 3.63) is 12.4 Å². The number of hydrogen-bond acceptors (Lipinski definition) is 5. The van der Waals surface area contributed by atoms with Gasteiger partial charge in [0.05, 0.1) is 12.2 Å².